The topological polar surface area (TPSA) is 64.3 Å². The van der Waals surface area contributed by atoms with Crippen LogP contribution >= 0.6 is 0 Å². The molecule has 0 spiro atoms. The van der Waals surface area contributed by atoms with Gasteiger partial charge in [0, 0.05) is 0 Å². The van der Waals surface area contributed by atoms with Crippen LogP contribution in [0, 0.1) is 5.41 Å². The molecule has 3 nitrogen and oxygen atoms in total. The maximum absolute atomic E-state index is 8.76. The van der Waals surface area contributed by atoms with Gasteiger partial charge >= 0.3 is 0 Å². The Kier molecular flexibility index (Phi) is 5.46. The molecule has 0 saturated carbocycles. The molecule has 3 heteroatoms. The predicted molar refractivity (Wildman–Crippen MR) is 35.7 cm³/mol. The van der Waals surface area contributed by atoms with Crippen LogP contribution in [0.5, 0.6) is 0 Å². The maximum atomic E-state index is 8.76. The van der Waals surface area contributed by atoms with Crippen molar-refractivity contribution in [1.29, 1.82) is 5.41 Å². The number of hydrogen-bond donors (Lipinski definition) is 3. The highest BCUT2D eigenvalue weighted by molar-refractivity contribution is 5.52. The summed E-state index contributed by atoms with van der Waals surface area (Å²) < 4.78 is 0. The third-order valence-corrected chi connectivity index (χ3v) is 1.10. The number of aliphatic hydroxyl groups is 2. The van der Waals surface area contributed by atoms with Crippen molar-refractivity contribution >= 4 is 6.21 Å². The monoisotopic (exact) mass is 131 g/mol. The first kappa shape index (κ1) is 8.59. The Hall–Kier alpha value is -0.410. The molecule has 0 radical (unpaired) electrons. The quantitative estimate of drug-likeness (QED) is 0.367. The summed E-state index contributed by atoms with van der Waals surface area (Å²) in [5.41, 5.74) is 0. The first-order valence-corrected chi connectivity index (χ1v) is 3.09. The van der Waals surface area contributed by atoms with Crippen molar-refractivity contribution in [3.63, 3.8) is 0 Å². The van der Waals surface area contributed by atoms with E-state index >= 15 is 0 Å². The van der Waals surface area contributed by atoms with Crippen molar-refractivity contribution < 1.29 is 10.2 Å². The van der Waals surface area contributed by atoms with Crippen molar-refractivity contribution in [2.75, 3.05) is 6.61 Å². The summed E-state index contributed by atoms with van der Waals surface area (Å²) >= 11 is 0. The lowest BCUT2D eigenvalue weighted by molar-refractivity contribution is 0.0871. The molecule has 0 aromatic heterocycles. The molecule has 0 heterocycles. The largest absolute Gasteiger partial charge is 0.394 e. The number of nitrogens with one attached hydrogen (secondary N) is 1. The van der Waals surface area contributed by atoms with Gasteiger partial charge in [0.1, 0.15) is 0 Å². The molecule has 0 unspecified atom stereocenters. The average Bonchev–Trinajstić information content (AvgIpc) is 1.89. The van der Waals surface area contributed by atoms with E-state index in [1.807, 2.05) is 0 Å². The number of rotatable bonds is 5. The van der Waals surface area contributed by atoms with Gasteiger partial charge in [-0.25, -0.2) is 0 Å². The van der Waals surface area contributed by atoms with Crippen LogP contribution in [0.15, 0.2) is 0 Å². The summed E-state index contributed by atoms with van der Waals surface area (Å²) in [6, 6.07) is 0. The Balaban J connectivity index is 2.96. The molecule has 0 saturated heterocycles. The molecular weight excluding hydrogens is 118 g/mol. The summed E-state index contributed by atoms with van der Waals surface area (Å²) in [5, 5.41) is 23.7. The Morgan fingerprint density at radius 2 is 2.22 bits per heavy atom. The first-order chi connectivity index (χ1) is 4.31. The lowest BCUT2D eigenvalue weighted by Gasteiger charge is -2.03. The lowest BCUT2D eigenvalue weighted by Crippen LogP contribution is -2.10. The average molecular weight is 131 g/mol. The van der Waals surface area contributed by atoms with Gasteiger partial charge in [-0.3, -0.25) is 0 Å². The van der Waals surface area contributed by atoms with Crippen LogP contribution in [0.2, 0.25) is 0 Å². The molecule has 54 valence electrons. The Bertz CT molecular complexity index is 75.5. The molecular formula is C6H13NO2. The Morgan fingerprint density at radius 3 is 2.67 bits per heavy atom. The third-order valence-electron chi connectivity index (χ3n) is 1.10. The van der Waals surface area contributed by atoms with Crippen molar-refractivity contribution in [3.8, 4) is 0 Å². The van der Waals surface area contributed by atoms with Gasteiger partial charge in [0.05, 0.1) is 12.7 Å². The fourth-order valence-corrected chi connectivity index (χ4v) is 0.547. The molecule has 1 atom stereocenters. The summed E-state index contributed by atoms with van der Waals surface area (Å²) in [7, 11) is 0. The number of aliphatic hydroxyl groups excluding tert-OH is 2. The van der Waals surface area contributed by atoms with Gasteiger partial charge in [0.25, 0.3) is 0 Å². The van der Waals surface area contributed by atoms with Gasteiger partial charge < -0.3 is 15.6 Å². The fraction of sp³-hybridized carbons (Fsp3) is 0.833. The van der Waals surface area contributed by atoms with E-state index in [2.05, 4.69) is 0 Å². The molecule has 0 amide bonds. The minimum Gasteiger partial charge on any atom is -0.394 e. The van der Waals surface area contributed by atoms with Gasteiger partial charge in [0.15, 0.2) is 0 Å². The standard InChI is InChI=1S/C6H13NO2/c7-4-2-1-3-6(9)5-8/h4,6-9H,1-3,5H2/t6-/m0/s1. The van der Waals surface area contributed by atoms with Crippen LogP contribution in [-0.4, -0.2) is 29.1 Å². The lowest BCUT2D eigenvalue weighted by atomic mass is 10.2. The zero-order valence-electron chi connectivity index (χ0n) is 5.38. The van der Waals surface area contributed by atoms with Crippen LogP contribution in [0.25, 0.3) is 0 Å². The minimum absolute atomic E-state index is 0.169. The van der Waals surface area contributed by atoms with Crippen LogP contribution < -0.4 is 0 Å². The van der Waals surface area contributed by atoms with E-state index in [1.54, 1.807) is 0 Å². The third kappa shape index (κ3) is 5.46. The summed E-state index contributed by atoms with van der Waals surface area (Å²) in [5.74, 6) is 0. The molecule has 0 aliphatic heterocycles. The Morgan fingerprint density at radius 1 is 1.56 bits per heavy atom. The summed E-state index contributed by atoms with van der Waals surface area (Å²) in [6.45, 7) is -0.169. The van der Waals surface area contributed by atoms with Crippen molar-refractivity contribution in [2.24, 2.45) is 0 Å². The summed E-state index contributed by atoms with van der Waals surface area (Å²) in [4.78, 5) is 0. The normalized spacial score (nSPS) is 13.1. The summed E-state index contributed by atoms with van der Waals surface area (Å²) in [6.07, 6.45) is 2.78. The molecule has 0 fully saturated rings. The molecule has 0 aromatic carbocycles. The van der Waals surface area contributed by atoms with Crippen LogP contribution in [0.3, 0.4) is 0 Å². The van der Waals surface area contributed by atoms with Crippen molar-refractivity contribution in [2.45, 2.75) is 25.4 Å². The van der Waals surface area contributed by atoms with Crippen LogP contribution in [-0.2, 0) is 0 Å². The van der Waals surface area contributed by atoms with Gasteiger partial charge in [-0.2, -0.15) is 0 Å². The van der Waals surface area contributed by atoms with Gasteiger partial charge in [-0.05, 0) is 25.5 Å². The van der Waals surface area contributed by atoms with E-state index in [0.29, 0.717) is 12.8 Å². The highest BCUT2D eigenvalue weighted by Crippen LogP contribution is 1.97. The molecule has 3 N–H and O–H groups in total. The van der Waals surface area contributed by atoms with Crippen molar-refractivity contribution in [1.82, 2.24) is 0 Å². The second kappa shape index (κ2) is 5.72. The SMILES string of the molecule is N=CCCC[C@H](O)CO. The van der Waals surface area contributed by atoms with Crippen LogP contribution in [0.4, 0.5) is 0 Å². The minimum atomic E-state index is -0.593. The van der Waals surface area contributed by atoms with Crippen LogP contribution in [0.1, 0.15) is 19.3 Å². The highest BCUT2D eigenvalue weighted by atomic mass is 16.3. The molecule has 0 aliphatic rings. The van der Waals surface area contributed by atoms with Crippen molar-refractivity contribution in [3.05, 3.63) is 0 Å². The van der Waals surface area contributed by atoms with E-state index in [-0.39, 0.29) is 6.61 Å². The van der Waals surface area contributed by atoms with Gasteiger partial charge in [-0.1, -0.05) is 0 Å². The van der Waals surface area contributed by atoms with E-state index in [1.165, 1.54) is 6.21 Å². The molecule has 0 aromatic rings. The molecule has 9 heavy (non-hydrogen) atoms. The van der Waals surface area contributed by atoms with E-state index in [9.17, 15) is 0 Å². The second-order valence-corrected chi connectivity index (χ2v) is 1.97. The zero-order valence-corrected chi connectivity index (χ0v) is 5.38. The molecule has 0 bridgehead atoms. The van der Waals surface area contributed by atoms with E-state index in [4.69, 9.17) is 15.6 Å². The number of hydrogen-bond acceptors (Lipinski definition) is 3. The molecule has 0 rings (SSSR count). The Labute approximate surface area is 54.8 Å². The predicted octanol–water partition coefficient (Wildman–Crippen LogP) is 0.159. The van der Waals surface area contributed by atoms with E-state index < -0.39 is 6.10 Å². The number of unbranched alkanes of at least 4 members (excludes halogenated alkanes) is 1. The maximum Gasteiger partial charge on any atom is 0.0771 e. The zero-order chi connectivity index (χ0) is 7.11. The first-order valence-electron chi connectivity index (χ1n) is 3.09. The van der Waals surface area contributed by atoms with Gasteiger partial charge in [-0.15, -0.1) is 0 Å². The van der Waals surface area contributed by atoms with E-state index in [0.717, 1.165) is 6.42 Å². The second-order valence-electron chi connectivity index (χ2n) is 1.97. The smallest absolute Gasteiger partial charge is 0.0771 e. The van der Waals surface area contributed by atoms with Gasteiger partial charge in [0.2, 0.25) is 0 Å². The highest BCUT2D eigenvalue weighted by Gasteiger charge is 1.98. The fourth-order valence-electron chi connectivity index (χ4n) is 0.547. The molecule has 0 aliphatic carbocycles.